The van der Waals surface area contributed by atoms with Crippen molar-refractivity contribution in [2.75, 3.05) is 20.3 Å². The maximum Gasteiger partial charge on any atom is 0.240 e. The topological polar surface area (TPSA) is 67.4 Å². The van der Waals surface area contributed by atoms with Gasteiger partial charge in [-0.3, -0.25) is 0 Å². The molecule has 2 N–H and O–H groups in total. The minimum atomic E-state index is -3.50. The van der Waals surface area contributed by atoms with E-state index in [9.17, 15) is 8.42 Å². The predicted molar refractivity (Wildman–Crippen MR) is 80.2 cm³/mol. The first-order chi connectivity index (χ1) is 9.40. The second-order valence-electron chi connectivity index (χ2n) is 4.85. The van der Waals surface area contributed by atoms with E-state index >= 15 is 0 Å². The Hall–Kier alpha value is -0.950. The quantitative estimate of drug-likeness (QED) is 0.762. The molecule has 5 nitrogen and oxygen atoms in total. The van der Waals surface area contributed by atoms with Gasteiger partial charge in [-0.05, 0) is 43.7 Å². The van der Waals surface area contributed by atoms with Crippen LogP contribution in [-0.2, 0) is 21.3 Å². The molecule has 0 heterocycles. The molecular formula is C14H24N2O3S. The first-order valence-electron chi connectivity index (χ1n) is 6.72. The van der Waals surface area contributed by atoms with Crippen LogP contribution in [0.25, 0.3) is 0 Å². The molecule has 0 saturated heterocycles. The van der Waals surface area contributed by atoms with Crippen molar-refractivity contribution in [3.63, 3.8) is 0 Å². The van der Waals surface area contributed by atoms with Crippen LogP contribution in [0.4, 0.5) is 0 Å². The lowest BCUT2D eigenvalue weighted by Gasteiger charge is -2.15. The van der Waals surface area contributed by atoms with Crippen LogP contribution in [0.1, 0.15) is 25.0 Å². The lowest BCUT2D eigenvalue weighted by atomic mass is 10.1. The van der Waals surface area contributed by atoms with E-state index in [-0.39, 0.29) is 6.04 Å². The van der Waals surface area contributed by atoms with Crippen LogP contribution in [0.5, 0.6) is 0 Å². The van der Waals surface area contributed by atoms with Gasteiger partial charge in [0.1, 0.15) is 0 Å². The van der Waals surface area contributed by atoms with E-state index in [0.29, 0.717) is 18.0 Å². The van der Waals surface area contributed by atoms with Gasteiger partial charge < -0.3 is 10.1 Å². The van der Waals surface area contributed by atoms with Crippen molar-refractivity contribution in [2.24, 2.45) is 0 Å². The molecule has 1 rings (SSSR count). The average Bonchev–Trinajstić information content (AvgIpc) is 2.37. The van der Waals surface area contributed by atoms with Crippen molar-refractivity contribution in [1.82, 2.24) is 10.0 Å². The van der Waals surface area contributed by atoms with Crippen molar-refractivity contribution in [3.8, 4) is 0 Å². The molecule has 0 radical (unpaired) electrons. The van der Waals surface area contributed by atoms with Crippen molar-refractivity contribution in [1.29, 1.82) is 0 Å². The average molecular weight is 300 g/mol. The molecule has 0 amide bonds. The van der Waals surface area contributed by atoms with E-state index in [1.807, 2.05) is 19.9 Å². The van der Waals surface area contributed by atoms with E-state index in [2.05, 4.69) is 10.0 Å². The number of nitrogens with one attached hydrogen (secondary N) is 2. The molecule has 1 aromatic rings. The zero-order valence-corrected chi connectivity index (χ0v) is 13.4. The first kappa shape index (κ1) is 17.1. The Bertz CT molecular complexity index is 529. The van der Waals surface area contributed by atoms with Gasteiger partial charge >= 0.3 is 0 Å². The maximum atomic E-state index is 12.3. The highest BCUT2D eigenvalue weighted by atomic mass is 32.2. The molecule has 0 aliphatic rings. The van der Waals surface area contributed by atoms with Gasteiger partial charge in [-0.1, -0.05) is 13.0 Å². The molecular weight excluding hydrogens is 276 g/mol. The number of ether oxygens (including phenoxy) is 1. The lowest BCUT2D eigenvalue weighted by molar-refractivity contribution is 0.180. The predicted octanol–water partition coefficient (Wildman–Crippen LogP) is 1.42. The number of aryl methyl sites for hydroxylation is 1. The largest absolute Gasteiger partial charge is 0.383 e. The molecule has 0 saturated carbocycles. The van der Waals surface area contributed by atoms with Crippen LogP contribution in [0.3, 0.4) is 0 Å². The second-order valence-corrected chi connectivity index (χ2v) is 6.56. The maximum absolute atomic E-state index is 12.3. The molecule has 0 fully saturated rings. The van der Waals surface area contributed by atoms with E-state index in [4.69, 9.17) is 4.74 Å². The van der Waals surface area contributed by atoms with E-state index in [1.165, 1.54) is 0 Å². The third kappa shape index (κ3) is 4.86. The molecule has 1 atom stereocenters. The zero-order chi connectivity index (χ0) is 15.2. The van der Waals surface area contributed by atoms with Gasteiger partial charge in [0.15, 0.2) is 0 Å². The molecule has 1 unspecified atom stereocenters. The Morgan fingerprint density at radius 2 is 2.05 bits per heavy atom. The highest BCUT2D eigenvalue weighted by Gasteiger charge is 2.18. The van der Waals surface area contributed by atoms with E-state index < -0.39 is 10.0 Å². The molecule has 0 aliphatic carbocycles. The number of sulfonamides is 1. The number of methoxy groups -OCH3 is 1. The highest BCUT2D eigenvalue weighted by Crippen LogP contribution is 2.16. The van der Waals surface area contributed by atoms with Crippen molar-refractivity contribution in [2.45, 2.75) is 38.3 Å². The monoisotopic (exact) mass is 300 g/mol. The summed E-state index contributed by atoms with van der Waals surface area (Å²) in [7, 11) is -1.96. The van der Waals surface area contributed by atoms with Crippen LogP contribution >= 0.6 is 0 Å². The normalized spacial score (nSPS) is 13.4. The summed E-state index contributed by atoms with van der Waals surface area (Å²) in [4.78, 5) is 0.291. The lowest BCUT2D eigenvalue weighted by Crippen LogP contribution is -2.35. The molecule has 0 spiro atoms. The number of hydrogen-bond acceptors (Lipinski definition) is 4. The molecule has 0 aromatic heterocycles. The molecule has 20 heavy (non-hydrogen) atoms. The van der Waals surface area contributed by atoms with Gasteiger partial charge in [-0.15, -0.1) is 0 Å². The molecule has 114 valence electrons. The molecule has 0 aliphatic heterocycles. The SMILES string of the molecule is CCNCc1cc(S(=O)(=O)NC(C)COC)ccc1C. The Kier molecular flexibility index (Phi) is 6.61. The summed E-state index contributed by atoms with van der Waals surface area (Å²) in [6.45, 7) is 7.62. The van der Waals surface area contributed by atoms with Crippen LogP contribution in [0, 0.1) is 6.92 Å². The summed E-state index contributed by atoms with van der Waals surface area (Å²) in [5, 5.41) is 3.21. The van der Waals surface area contributed by atoms with Crippen LogP contribution < -0.4 is 10.0 Å². The summed E-state index contributed by atoms with van der Waals surface area (Å²) in [5.41, 5.74) is 2.07. The Morgan fingerprint density at radius 3 is 2.65 bits per heavy atom. The Labute approximate surface area is 121 Å². The van der Waals surface area contributed by atoms with Gasteiger partial charge in [-0.25, -0.2) is 13.1 Å². The van der Waals surface area contributed by atoms with Crippen molar-refractivity contribution >= 4 is 10.0 Å². The second kappa shape index (κ2) is 7.73. The van der Waals surface area contributed by atoms with Gasteiger partial charge in [0, 0.05) is 19.7 Å². The summed E-state index contributed by atoms with van der Waals surface area (Å²) < 4.78 is 32.1. The summed E-state index contributed by atoms with van der Waals surface area (Å²) in [6, 6.07) is 4.93. The zero-order valence-electron chi connectivity index (χ0n) is 12.6. The van der Waals surface area contributed by atoms with Crippen LogP contribution in [0.15, 0.2) is 23.1 Å². The van der Waals surface area contributed by atoms with E-state index in [0.717, 1.165) is 17.7 Å². The van der Waals surface area contributed by atoms with Gasteiger partial charge in [0.25, 0.3) is 0 Å². The van der Waals surface area contributed by atoms with Gasteiger partial charge in [-0.2, -0.15) is 0 Å². The van der Waals surface area contributed by atoms with Gasteiger partial charge in [0.05, 0.1) is 11.5 Å². The van der Waals surface area contributed by atoms with Crippen molar-refractivity contribution < 1.29 is 13.2 Å². The third-order valence-electron chi connectivity index (χ3n) is 2.97. The standard InChI is InChI=1S/C14H24N2O3S/c1-5-15-9-13-8-14(7-6-11(13)2)20(17,18)16-12(3)10-19-4/h6-8,12,15-16H,5,9-10H2,1-4H3. The smallest absolute Gasteiger partial charge is 0.240 e. The number of hydrogen-bond donors (Lipinski definition) is 2. The Morgan fingerprint density at radius 1 is 1.35 bits per heavy atom. The number of rotatable bonds is 8. The molecule has 6 heteroatoms. The van der Waals surface area contributed by atoms with Crippen LogP contribution in [0.2, 0.25) is 0 Å². The minimum absolute atomic E-state index is 0.261. The number of benzene rings is 1. The fourth-order valence-electron chi connectivity index (χ4n) is 1.88. The minimum Gasteiger partial charge on any atom is -0.383 e. The van der Waals surface area contributed by atoms with Crippen LogP contribution in [-0.4, -0.2) is 34.7 Å². The van der Waals surface area contributed by atoms with Gasteiger partial charge in [0.2, 0.25) is 10.0 Å². The summed E-state index contributed by atoms with van der Waals surface area (Å²) >= 11 is 0. The molecule has 0 bridgehead atoms. The third-order valence-corrected chi connectivity index (χ3v) is 4.56. The highest BCUT2D eigenvalue weighted by molar-refractivity contribution is 7.89. The van der Waals surface area contributed by atoms with Crippen molar-refractivity contribution in [3.05, 3.63) is 29.3 Å². The Balaban J connectivity index is 2.94. The summed E-state index contributed by atoms with van der Waals surface area (Å²) in [5.74, 6) is 0. The fraction of sp³-hybridized carbons (Fsp3) is 0.571. The summed E-state index contributed by atoms with van der Waals surface area (Å²) in [6.07, 6.45) is 0. The van der Waals surface area contributed by atoms with E-state index in [1.54, 1.807) is 26.2 Å². The fourth-order valence-corrected chi connectivity index (χ4v) is 3.16. The first-order valence-corrected chi connectivity index (χ1v) is 8.20. The molecule has 1 aromatic carbocycles.